The van der Waals surface area contributed by atoms with Gasteiger partial charge in [0, 0.05) is 11.8 Å². The molecule has 0 saturated carbocycles. The summed E-state index contributed by atoms with van der Waals surface area (Å²) >= 11 is 0. The normalized spacial score (nSPS) is 19.1. The fraction of sp³-hybridized carbons (Fsp3) is 0.471. The second-order valence-corrected chi connectivity index (χ2v) is 5.62. The van der Waals surface area contributed by atoms with Crippen LogP contribution in [0.2, 0.25) is 0 Å². The summed E-state index contributed by atoms with van der Waals surface area (Å²) in [6.07, 6.45) is 2.17. The van der Waals surface area contributed by atoms with Crippen LogP contribution in [0.4, 0.5) is 0 Å². The molecule has 21 heavy (non-hydrogen) atoms. The van der Waals surface area contributed by atoms with E-state index in [0.29, 0.717) is 12.8 Å². The molecule has 0 aliphatic carbocycles. The van der Waals surface area contributed by atoms with Crippen LogP contribution in [-0.4, -0.2) is 23.0 Å². The van der Waals surface area contributed by atoms with E-state index in [1.165, 1.54) is 4.90 Å². The molecule has 2 rings (SSSR count). The van der Waals surface area contributed by atoms with Crippen molar-refractivity contribution in [3.8, 4) is 0 Å². The summed E-state index contributed by atoms with van der Waals surface area (Å²) in [5.41, 5.74) is 0.211. The highest BCUT2D eigenvalue weighted by Crippen LogP contribution is 2.40. The molecule has 0 bridgehead atoms. The Bertz CT molecular complexity index is 534. The molecule has 0 unspecified atom stereocenters. The highest BCUT2D eigenvalue weighted by atomic mass is 16.2. The third-order valence-corrected chi connectivity index (χ3v) is 4.67. The van der Waals surface area contributed by atoms with E-state index in [1.807, 2.05) is 44.2 Å². The van der Waals surface area contributed by atoms with Gasteiger partial charge in [-0.15, -0.1) is 0 Å². The van der Waals surface area contributed by atoms with Gasteiger partial charge in [0.2, 0.25) is 11.8 Å². The Morgan fingerprint density at radius 2 is 1.81 bits per heavy atom. The summed E-state index contributed by atoms with van der Waals surface area (Å²) in [7, 11) is 0. The largest absolute Gasteiger partial charge is 0.303 e. The molecule has 1 aromatic rings. The van der Waals surface area contributed by atoms with E-state index in [9.17, 15) is 14.4 Å². The minimum absolute atomic E-state index is 0.145. The molecule has 4 heteroatoms. The van der Waals surface area contributed by atoms with Gasteiger partial charge >= 0.3 is 0 Å². The fourth-order valence-corrected chi connectivity index (χ4v) is 3.06. The summed E-state index contributed by atoms with van der Waals surface area (Å²) in [5, 5.41) is 0. The zero-order valence-electron chi connectivity index (χ0n) is 12.5. The number of nitrogens with zero attached hydrogens (tertiary/aromatic N) is 1. The number of rotatable bonds is 6. The number of carbonyl (C=O) groups excluding carboxylic acids is 3. The van der Waals surface area contributed by atoms with Gasteiger partial charge in [-0.2, -0.15) is 0 Å². The minimum Gasteiger partial charge on any atom is -0.303 e. The molecule has 4 nitrogen and oxygen atoms in total. The van der Waals surface area contributed by atoms with Crippen molar-refractivity contribution in [2.24, 2.45) is 11.3 Å². The van der Waals surface area contributed by atoms with Crippen LogP contribution in [0, 0.1) is 11.3 Å². The van der Waals surface area contributed by atoms with Crippen molar-refractivity contribution in [1.82, 2.24) is 4.90 Å². The highest BCUT2D eigenvalue weighted by Gasteiger charge is 2.49. The number of carbonyl (C=O) groups is 3. The Hall–Kier alpha value is -1.97. The minimum atomic E-state index is -0.710. The van der Waals surface area contributed by atoms with E-state index in [0.717, 1.165) is 11.8 Å². The molecule has 0 spiro atoms. The van der Waals surface area contributed by atoms with Crippen LogP contribution in [-0.2, 0) is 20.9 Å². The molecule has 0 radical (unpaired) electrons. The van der Waals surface area contributed by atoms with E-state index in [2.05, 4.69) is 0 Å². The van der Waals surface area contributed by atoms with Crippen molar-refractivity contribution in [3.05, 3.63) is 35.9 Å². The average Bonchev–Trinajstić information content (AvgIpc) is 2.80. The SMILES string of the molecule is CCC(C=O)(CC)[C@H]1CC(=O)N(Cc2ccccc2)C1=O. The van der Waals surface area contributed by atoms with Crippen LogP contribution in [0.25, 0.3) is 0 Å². The lowest BCUT2D eigenvalue weighted by atomic mass is 9.71. The monoisotopic (exact) mass is 287 g/mol. The van der Waals surface area contributed by atoms with Crippen LogP contribution in [0.3, 0.4) is 0 Å². The number of aldehydes is 1. The van der Waals surface area contributed by atoms with Gasteiger partial charge in [-0.05, 0) is 18.4 Å². The lowest BCUT2D eigenvalue weighted by Gasteiger charge is -2.30. The Kier molecular flexibility index (Phi) is 4.56. The fourth-order valence-electron chi connectivity index (χ4n) is 3.06. The molecule has 2 amide bonds. The second-order valence-electron chi connectivity index (χ2n) is 5.62. The maximum absolute atomic E-state index is 12.6. The number of likely N-dealkylation sites (tertiary alicyclic amines) is 1. The quantitative estimate of drug-likeness (QED) is 0.597. The second kappa shape index (κ2) is 6.20. The Morgan fingerprint density at radius 3 is 2.33 bits per heavy atom. The Labute approximate surface area is 125 Å². The van der Waals surface area contributed by atoms with Gasteiger partial charge in [-0.3, -0.25) is 14.5 Å². The van der Waals surface area contributed by atoms with Gasteiger partial charge in [-0.1, -0.05) is 44.2 Å². The first-order valence-corrected chi connectivity index (χ1v) is 7.42. The molecule has 1 aliphatic rings. The van der Waals surface area contributed by atoms with Crippen molar-refractivity contribution >= 4 is 18.1 Å². The third kappa shape index (κ3) is 2.75. The highest BCUT2D eigenvalue weighted by molar-refractivity contribution is 6.05. The topological polar surface area (TPSA) is 54.5 Å². The lowest BCUT2D eigenvalue weighted by molar-refractivity contribution is -0.143. The zero-order chi connectivity index (χ0) is 15.5. The predicted octanol–water partition coefficient (Wildman–Crippen LogP) is 2.57. The summed E-state index contributed by atoms with van der Waals surface area (Å²) in [4.78, 5) is 37.6. The van der Waals surface area contributed by atoms with Crippen molar-refractivity contribution < 1.29 is 14.4 Å². The van der Waals surface area contributed by atoms with Crippen molar-refractivity contribution in [2.75, 3.05) is 0 Å². The third-order valence-electron chi connectivity index (χ3n) is 4.67. The number of benzene rings is 1. The smallest absolute Gasteiger partial charge is 0.234 e. The van der Waals surface area contributed by atoms with Crippen molar-refractivity contribution in [3.63, 3.8) is 0 Å². The first kappa shape index (κ1) is 15.4. The molecule has 1 fully saturated rings. The Morgan fingerprint density at radius 1 is 1.19 bits per heavy atom. The van der Waals surface area contributed by atoms with Crippen LogP contribution in [0.5, 0.6) is 0 Å². The van der Waals surface area contributed by atoms with E-state index in [4.69, 9.17) is 0 Å². The molecule has 0 N–H and O–H groups in total. The zero-order valence-corrected chi connectivity index (χ0v) is 12.5. The van der Waals surface area contributed by atoms with Crippen molar-refractivity contribution in [2.45, 2.75) is 39.7 Å². The van der Waals surface area contributed by atoms with Gasteiger partial charge in [-0.25, -0.2) is 0 Å². The average molecular weight is 287 g/mol. The van der Waals surface area contributed by atoms with E-state index >= 15 is 0 Å². The van der Waals surface area contributed by atoms with Crippen LogP contribution in [0.15, 0.2) is 30.3 Å². The van der Waals surface area contributed by atoms with Gasteiger partial charge in [0.05, 0.1) is 12.5 Å². The summed E-state index contributed by atoms with van der Waals surface area (Å²) in [5.74, 6) is -0.900. The number of hydrogen-bond acceptors (Lipinski definition) is 3. The van der Waals surface area contributed by atoms with E-state index in [-0.39, 0.29) is 24.8 Å². The summed E-state index contributed by atoms with van der Waals surface area (Å²) in [6, 6.07) is 9.43. The van der Waals surface area contributed by atoms with Gasteiger partial charge < -0.3 is 4.79 Å². The van der Waals surface area contributed by atoms with Crippen LogP contribution < -0.4 is 0 Å². The first-order valence-electron chi connectivity index (χ1n) is 7.42. The summed E-state index contributed by atoms with van der Waals surface area (Å²) < 4.78 is 0. The Balaban J connectivity index is 2.22. The lowest BCUT2D eigenvalue weighted by Crippen LogP contribution is -2.38. The number of imide groups is 1. The van der Waals surface area contributed by atoms with Gasteiger partial charge in [0.15, 0.2) is 0 Å². The van der Waals surface area contributed by atoms with Crippen LogP contribution in [0.1, 0.15) is 38.7 Å². The maximum atomic E-state index is 12.6. The molecule has 1 heterocycles. The summed E-state index contributed by atoms with van der Waals surface area (Å²) in [6.45, 7) is 4.09. The van der Waals surface area contributed by atoms with E-state index in [1.54, 1.807) is 0 Å². The molecule has 1 saturated heterocycles. The molecule has 1 aliphatic heterocycles. The predicted molar refractivity (Wildman–Crippen MR) is 79.2 cm³/mol. The molecular formula is C17H21NO3. The molecule has 1 aromatic carbocycles. The molecular weight excluding hydrogens is 266 g/mol. The number of hydrogen-bond donors (Lipinski definition) is 0. The van der Waals surface area contributed by atoms with Gasteiger partial charge in [0.25, 0.3) is 0 Å². The molecule has 112 valence electrons. The standard InChI is InChI=1S/C17H21NO3/c1-3-17(4-2,12-19)14-10-15(20)18(16(14)21)11-13-8-6-5-7-9-13/h5-9,12,14H,3-4,10-11H2,1-2H3/t14-/m0/s1. The van der Waals surface area contributed by atoms with E-state index < -0.39 is 11.3 Å². The van der Waals surface area contributed by atoms with Crippen molar-refractivity contribution in [1.29, 1.82) is 0 Å². The first-order chi connectivity index (χ1) is 10.1. The maximum Gasteiger partial charge on any atom is 0.234 e. The number of amides is 2. The van der Waals surface area contributed by atoms with Crippen LogP contribution >= 0.6 is 0 Å². The molecule has 0 aromatic heterocycles. The van der Waals surface area contributed by atoms with Gasteiger partial charge in [0.1, 0.15) is 6.29 Å². The molecule has 1 atom stereocenters.